The number of benzene rings is 1. The number of ether oxygens (including phenoxy) is 1. The second-order valence-corrected chi connectivity index (χ2v) is 7.27. The molecule has 1 fully saturated rings. The normalized spacial score (nSPS) is 20.0. The lowest BCUT2D eigenvalue weighted by atomic mass is 9.92. The molecular formula is C20H24F2N4O2. The molecule has 28 heavy (non-hydrogen) atoms. The summed E-state index contributed by atoms with van der Waals surface area (Å²) in [5, 5.41) is 7.42. The minimum atomic E-state index is -0.650. The van der Waals surface area contributed by atoms with E-state index < -0.39 is 11.6 Å². The van der Waals surface area contributed by atoms with Crippen molar-refractivity contribution in [2.45, 2.75) is 31.7 Å². The Morgan fingerprint density at radius 1 is 1.29 bits per heavy atom. The molecule has 8 heteroatoms. The molecule has 1 atom stereocenters. The van der Waals surface area contributed by atoms with E-state index in [0.717, 1.165) is 56.2 Å². The molecule has 1 amide bonds. The molecule has 1 unspecified atom stereocenters. The van der Waals surface area contributed by atoms with Gasteiger partial charge in [0.05, 0.1) is 25.5 Å². The summed E-state index contributed by atoms with van der Waals surface area (Å²) in [6.45, 7) is 3.86. The number of morpholine rings is 1. The third-order valence-electron chi connectivity index (χ3n) is 5.41. The van der Waals surface area contributed by atoms with E-state index in [1.807, 2.05) is 0 Å². The molecule has 2 heterocycles. The molecule has 0 saturated carbocycles. The van der Waals surface area contributed by atoms with Crippen LogP contribution in [-0.4, -0.2) is 53.4 Å². The number of aromatic nitrogens is 2. The number of carbonyl (C=O) groups is 1. The number of fused-ring (bicyclic) bond motifs is 1. The highest BCUT2D eigenvalue weighted by molar-refractivity contribution is 5.76. The highest BCUT2D eigenvalue weighted by Gasteiger charge is 2.27. The molecule has 2 aliphatic rings. The maximum Gasteiger partial charge on any atom is 0.221 e. The molecule has 1 aliphatic heterocycles. The molecular weight excluding hydrogens is 366 g/mol. The van der Waals surface area contributed by atoms with E-state index in [9.17, 15) is 13.6 Å². The standard InChI is InChI=1S/C20H24F2N4O2/c21-14-4-5-19(16(22)12-14)26-18-3-1-2-17(15(18)13-23-26)24-20(27)6-7-25-8-10-28-11-9-25/h4-5,12-13,17H,1-3,6-11H2,(H,24,27). The van der Waals surface area contributed by atoms with Crippen LogP contribution < -0.4 is 5.32 Å². The smallest absolute Gasteiger partial charge is 0.221 e. The van der Waals surface area contributed by atoms with E-state index in [-0.39, 0.29) is 17.6 Å². The first-order chi connectivity index (χ1) is 13.6. The molecule has 0 spiro atoms. The summed E-state index contributed by atoms with van der Waals surface area (Å²) < 4.78 is 34.2. The first-order valence-corrected chi connectivity index (χ1v) is 9.73. The predicted octanol–water partition coefficient (Wildman–Crippen LogP) is 2.37. The summed E-state index contributed by atoms with van der Waals surface area (Å²) in [5.41, 5.74) is 2.01. The molecule has 2 aromatic rings. The third kappa shape index (κ3) is 4.07. The van der Waals surface area contributed by atoms with E-state index in [1.54, 1.807) is 6.20 Å². The Morgan fingerprint density at radius 3 is 2.89 bits per heavy atom. The van der Waals surface area contributed by atoms with Crippen LogP contribution in [0.15, 0.2) is 24.4 Å². The van der Waals surface area contributed by atoms with Crippen molar-refractivity contribution < 1.29 is 18.3 Å². The summed E-state index contributed by atoms with van der Waals surface area (Å²) in [6.07, 6.45) is 4.56. The van der Waals surface area contributed by atoms with Crippen LogP contribution in [-0.2, 0) is 16.0 Å². The topological polar surface area (TPSA) is 59.4 Å². The highest BCUT2D eigenvalue weighted by Crippen LogP contribution is 2.31. The fraction of sp³-hybridized carbons (Fsp3) is 0.500. The Kier molecular flexibility index (Phi) is 5.68. The van der Waals surface area contributed by atoms with Gasteiger partial charge in [-0.25, -0.2) is 13.5 Å². The van der Waals surface area contributed by atoms with E-state index in [0.29, 0.717) is 19.6 Å². The van der Waals surface area contributed by atoms with Gasteiger partial charge in [0.15, 0.2) is 5.82 Å². The van der Waals surface area contributed by atoms with Gasteiger partial charge >= 0.3 is 0 Å². The number of amides is 1. The number of carbonyl (C=O) groups excluding carboxylic acids is 1. The van der Waals surface area contributed by atoms with Crippen molar-refractivity contribution in [1.29, 1.82) is 0 Å². The first-order valence-electron chi connectivity index (χ1n) is 9.73. The molecule has 4 rings (SSSR count). The van der Waals surface area contributed by atoms with Crippen molar-refractivity contribution in [1.82, 2.24) is 20.0 Å². The summed E-state index contributed by atoms with van der Waals surface area (Å²) in [5.74, 6) is -1.26. The van der Waals surface area contributed by atoms with E-state index in [4.69, 9.17) is 4.74 Å². The maximum absolute atomic E-state index is 14.2. The predicted molar refractivity (Wildman–Crippen MR) is 99.2 cm³/mol. The number of nitrogens with zero attached hydrogens (tertiary/aromatic N) is 3. The van der Waals surface area contributed by atoms with Crippen LogP contribution in [0.5, 0.6) is 0 Å². The van der Waals surface area contributed by atoms with Gasteiger partial charge in [-0.1, -0.05) is 0 Å². The minimum absolute atomic E-state index is 0.00468. The van der Waals surface area contributed by atoms with Gasteiger partial charge in [0.1, 0.15) is 11.5 Å². The van der Waals surface area contributed by atoms with Crippen molar-refractivity contribution in [3.05, 3.63) is 47.3 Å². The van der Waals surface area contributed by atoms with Crippen LogP contribution in [0, 0.1) is 11.6 Å². The Hall–Kier alpha value is -2.32. The van der Waals surface area contributed by atoms with Crippen molar-refractivity contribution >= 4 is 5.91 Å². The Balaban J connectivity index is 1.44. The van der Waals surface area contributed by atoms with Gasteiger partial charge in [-0.3, -0.25) is 9.69 Å². The average molecular weight is 390 g/mol. The average Bonchev–Trinajstić information content (AvgIpc) is 3.12. The number of hydrogen-bond acceptors (Lipinski definition) is 4. The van der Waals surface area contributed by atoms with Gasteiger partial charge < -0.3 is 10.1 Å². The quantitative estimate of drug-likeness (QED) is 0.852. The lowest BCUT2D eigenvalue weighted by molar-refractivity contribution is -0.122. The van der Waals surface area contributed by atoms with Gasteiger partial charge in [-0.15, -0.1) is 0 Å². The van der Waals surface area contributed by atoms with Crippen LogP contribution in [0.3, 0.4) is 0 Å². The van der Waals surface area contributed by atoms with E-state index in [2.05, 4.69) is 15.3 Å². The monoisotopic (exact) mass is 390 g/mol. The number of rotatable bonds is 5. The molecule has 1 aromatic heterocycles. The second kappa shape index (κ2) is 8.36. The molecule has 1 N–H and O–H groups in total. The largest absolute Gasteiger partial charge is 0.379 e. The first kappa shape index (κ1) is 19.0. The number of nitrogens with one attached hydrogen (secondary N) is 1. The van der Waals surface area contributed by atoms with Crippen LogP contribution in [0.1, 0.15) is 36.6 Å². The zero-order chi connectivity index (χ0) is 19.5. The van der Waals surface area contributed by atoms with Gasteiger partial charge in [0.25, 0.3) is 0 Å². The fourth-order valence-electron chi connectivity index (χ4n) is 3.92. The number of halogens is 2. The molecule has 150 valence electrons. The lowest BCUT2D eigenvalue weighted by Crippen LogP contribution is -2.39. The minimum Gasteiger partial charge on any atom is -0.379 e. The molecule has 0 bridgehead atoms. The lowest BCUT2D eigenvalue weighted by Gasteiger charge is -2.27. The van der Waals surface area contributed by atoms with Crippen molar-refractivity contribution in [3.8, 4) is 5.69 Å². The van der Waals surface area contributed by atoms with Gasteiger partial charge in [-0.05, 0) is 31.4 Å². The molecule has 1 saturated heterocycles. The highest BCUT2D eigenvalue weighted by atomic mass is 19.1. The summed E-state index contributed by atoms with van der Waals surface area (Å²) in [4.78, 5) is 14.7. The summed E-state index contributed by atoms with van der Waals surface area (Å²) in [6, 6.07) is 3.35. The van der Waals surface area contributed by atoms with E-state index in [1.165, 1.54) is 16.8 Å². The van der Waals surface area contributed by atoms with Gasteiger partial charge in [0.2, 0.25) is 5.91 Å². The second-order valence-electron chi connectivity index (χ2n) is 7.27. The van der Waals surface area contributed by atoms with Gasteiger partial charge in [0, 0.05) is 43.4 Å². The van der Waals surface area contributed by atoms with Crippen LogP contribution in [0.25, 0.3) is 5.69 Å². The Labute approximate surface area is 162 Å². The summed E-state index contributed by atoms with van der Waals surface area (Å²) in [7, 11) is 0. The zero-order valence-electron chi connectivity index (χ0n) is 15.7. The maximum atomic E-state index is 14.2. The molecule has 6 nitrogen and oxygen atoms in total. The number of hydrogen-bond donors (Lipinski definition) is 1. The fourth-order valence-corrected chi connectivity index (χ4v) is 3.92. The van der Waals surface area contributed by atoms with Crippen molar-refractivity contribution in [3.63, 3.8) is 0 Å². The molecule has 1 aromatic carbocycles. The SMILES string of the molecule is O=C(CCN1CCOCC1)NC1CCCc2c1cnn2-c1ccc(F)cc1F. The zero-order valence-corrected chi connectivity index (χ0v) is 15.7. The summed E-state index contributed by atoms with van der Waals surface area (Å²) >= 11 is 0. The molecule has 1 aliphatic carbocycles. The van der Waals surface area contributed by atoms with Crippen LogP contribution in [0.4, 0.5) is 8.78 Å². The van der Waals surface area contributed by atoms with Gasteiger partial charge in [-0.2, -0.15) is 5.10 Å². The van der Waals surface area contributed by atoms with Crippen molar-refractivity contribution in [2.75, 3.05) is 32.8 Å². The Morgan fingerprint density at radius 2 is 2.11 bits per heavy atom. The third-order valence-corrected chi connectivity index (χ3v) is 5.41. The molecule has 0 radical (unpaired) electrons. The van der Waals surface area contributed by atoms with Crippen LogP contribution in [0.2, 0.25) is 0 Å². The van der Waals surface area contributed by atoms with E-state index >= 15 is 0 Å². The van der Waals surface area contributed by atoms with Crippen LogP contribution >= 0.6 is 0 Å². The Bertz CT molecular complexity index is 849. The van der Waals surface area contributed by atoms with Crippen molar-refractivity contribution in [2.24, 2.45) is 0 Å².